The third-order valence-corrected chi connectivity index (χ3v) is 5.34. The van der Waals surface area contributed by atoms with Gasteiger partial charge < -0.3 is 14.8 Å². The highest BCUT2D eigenvalue weighted by Crippen LogP contribution is 2.37. The minimum Gasteiger partial charge on any atom is -0.348 e. The highest BCUT2D eigenvalue weighted by molar-refractivity contribution is 5.90. The number of carbonyl (C=O) groups excluding carboxylic acids is 2. The van der Waals surface area contributed by atoms with E-state index < -0.39 is 12.0 Å². The summed E-state index contributed by atoms with van der Waals surface area (Å²) in [7, 11) is 1.85. The normalized spacial score (nSPS) is 22.4. The average Bonchev–Trinajstić information content (AvgIpc) is 3.15. The quantitative estimate of drug-likeness (QED) is 0.731. The second-order valence-electron chi connectivity index (χ2n) is 7.10. The first-order chi connectivity index (χ1) is 13.0. The molecule has 1 saturated carbocycles. The van der Waals surface area contributed by atoms with Crippen LogP contribution < -0.4 is 11.0 Å². The Balaban J connectivity index is 1.53. The molecule has 1 saturated heterocycles. The summed E-state index contributed by atoms with van der Waals surface area (Å²) in [4.78, 5) is 43.2. The van der Waals surface area contributed by atoms with E-state index in [2.05, 4.69) is 20.5 Å². The fourth-order valence-corrected chi connectivity index (χ4v) is 3.85. The van der Waals surface area contributed by atoms with Crippen LogP contribution >= 0.6 is 0 Å². The minimum absolute atomic E-state index is 0.0553. The molecule has 0 radical (unpaired) electrons. The van der Waals surface area contributed by atoms with Crippen LogP contribution in [0.4, 0.5) is 0 Å². The molecule has 1 aliphatic carbocycles. The minimum atomic E-state index is -0.529. The Hall–Kier alpha value is -2.91. The van der Waals surface area contributed by atoms with Crippen molar-refractivity contribution in [3.63, 3.8) is 0 Å². The van der Waals surface area contributed by atoms with Gasteiger partial charge in [0.05, 0.1) is 12.5 Å². The van der Waals surface area contributed by atoms with Crippen LogP contribution in [0.5, 0.6) is 0 Å². The monoisotopic (exact) mass is 373 g/mol. The summed E-state index contributed by atoms with van der Waals surface area (Å²) in [5.74, 6) is 0.391. The van der Waals surface area contributed by atoms with Crippen LogP contribution in [-0.4, -0.2) is 47.6 Å². The molecular weight excluding hydrogens is 350 g/mol. The number of hydrogen-bond acceptors (Lipinski definition) is 5. The molecule has 4 rings (SSSR count). The topological polar surface area (TPSA) is 118 Å². The Labute approximate surface area is 155 Å². The van der Waals surface area contributed by atoms with Crippen LogP contribution in [0.1, 0.15) is 49.9 Å². The largest absolute Gasteiger partial charge is 0.348 e. The van der Waals surface area contributed by atoms with Crippen LogP contribution in [0.2, 0.25) is 0 Å². The molecule has 2 amide bonds. The van der Waals surface area contributed by atoms with E-state index >= 15 is 0 Å². The molecule has 2 aliphatic rings. The molecule has 2 aromatic heterocycles. The van der Waals surface area contributed by atoms with E-state index in [0.717, 1.165) is 12.8 Å². The number of imidazole rings is 1. The summed E-state index contributed by atoms with van der Waals surface area (Å²) < 4.78 is 3.44. The van der Waals surface area contributed by atoms with Crippen molar-refractivity contribution in [3.8, 4) is 0 Å². The van der Waals surface area contributed by atoms with E-state index in [1.807, 2.05) is 18.5 Å². The molecule has 144 valence electrons. The number of aromatic amines is 1. The fraction of sp³-hybridized carbons (Fsp3) is 0.588. The Morgan fingerprint density at radius 3 is 2.78 bits per heavy atom. The first-order valence-electron chi connectivity index (χ1n) is 9.21. The summed E-state index contributed by atoms with van der Waals surface area (Å²) in [6, 6.07) is -0.223. The number of nitrogens with one attached hydrogen (secondary N) is 2. The number of likely N-dealkylation sites (tertiary alicyclic amines) is 1. The highest BCUT2D eigenvalue weighted by Gasteiger charge is 2.45. The first kappa shape index (κ1) is 17.5. The van der Waals surface area contributed by atoms with E-state index in [-0.39, 0.29) is 36.5 Å². The predicted octanol–water partition coefficient (Wildman–Crippen LogP) is -0.134. The van der Waals surface area contributed by atoms with E-state index in [1.54, 1.807) is 21.9 Å². The van der Waals surface area contributed by atoms with Crippen LogP contribution in [-0.2, 0) is 23.2 Å². The third kappa shape index (κ3) is 3.04. The van der Waals surface area contributed by atoms with Crippen LogP contribution in [0.15, 0.2) is 17.2 Å². The molecule has 3 heterocycles. The smallest absolute Gasteiger partial charge is 0.343 e. The van der Waals surface area contributed by atoms with Gasteiger partial charge in [-0.3, -0.25) is 14.2 Å². The Morgan fingerprint density at radius 1 is 1.37 bits per heavy atom. The molecule has 27 heavy (non-hydrogen) atoms. The third-order valence-electron chi connectivity index (χ3n) is 5.34. The second-order valence-corrected chi connectivity index (χ2v) is 7.10. The number of nitrogens with zero attached hydrogens (tertiary/aromatic N) is 5. The van der Waals surface area contributed by atoms with Crippen molar-refractivity contribution in [1.82, 2.24) is 34.5 Å². The van der Waals surface area contributed by atoms with Gasteiger partial charge in [-0.15, -0.1) is 0 Å². The molecule has 10 heteroatoms. The molecule has 0 bridgehead atoms. The lowest BCUT2D eigenvalue weighted by molar-refractivity contribution is -0.129. The van der Waals surface area contributed by atoms with Gasteiger partial charge in [0.1, 0.15) is 11.9 Å². The van der Waals surface area contributed by atoms with Gasteiger partial charge in [0.2, 0.25) is 11.8 Å². The van der Waals surface area contributed by atoms with Gasteiger partial charge >= 0.3 is 5.69 Å². The molecule has 0 spiro atoms. The SMILES string of the molecule is CCN1C(=O)C[C@H](C(=O)NCc2n[nH]c(=O)n2C2CC2)[C@H]1c1nccn1C. The predicted molar refractivity (Wildman–Crippen MR) is 94.4 cm³/mol. The number of H-pyrrole nitrogens is 1. The van der Waals surface area contributed by atoms with Crippen molar-refractivity contribution in [3.05, 3.63) is 34.5 Å². The number of hydrogen-bond donors (Lipinski definition) is 2. The number of aryl methyl sites for hydroxylation is 1. The van der Waals surface area contributed by atoms with E-state index in [4.69, 9.17) is 0 Å². The van der Waals surface area contributed by atoms with Crippen LogP contribution in [0, 0.1) is 5.92 Å². The maximum atomic E-state index is 12.9. The van der Waals surface area contributed by atoms with Crippen LogP contribution in [0.25, 0.3) is 0 Å². The zero-order valence-electron chi connectivity index (χ0n) is 15.4. The Kier molecular flexibility index (Phi) is 4.33. The summed E-state index contributed by atoms with van der Waals surface area (Å²) >= 11 is 0. The number of amides is 2. The molecule has 0 aromatic carbocycles. The lowest BCUT2D eigenvalue weighted by atomic mass is 9.98. The fourth-order valence-electron chi connectivity index (χ4n) is 3.85. The van der Waals surface area contributed by atoms with Crippen molar-refractivity contribution >= 4 is 11.8 Å². The van der Waals surface area contributed by atoms with Gasteiger partial charge in [-0.1, -0.05) is 0 Å². The second kappa shape index (κ2) is 6.67. The van der Waals surface area contributed by atoms with Gasteiger partial charge in [0.25, 0.3) is 0 Å². The van der Waals surface area contributed by atoms with Crippen molar-refractivity contribution in [2.45, 2.75) is 44.8 Å². The zero-order chi connectivity index (χ0) is 19.1. The van der Waals surface area contributed by atoms with E-state index in [9.17, 15) is 14.4 Å². The zero-order valence-corrected chi connectivity index (χ0v) is 15.4. The Morgan fingerprint density at radius 2 is 2.15 bits per heavy atom. The van der Waals surface area contributed by atoms with E-state index in [0.29, 0.717) is 18.2 Å². The first-order valence-corrected chi connectivity index (χ1v) is 9.21. The van der Waals surface area contributed by atoms with Gasteiger partial charge in [-0.25, -0.2) is 14.9 Å². The molecule has 1 aliphatic heterocycles. The standard InChI is InChI=1S/C17H23N7O3/c1-3-23-13(25)8-11(14(23)15-18-6-7-22(15)2)16(26)19-9-12-20-21-17(27)24(12)10-4-5-10/h6-7,10-11,14H,3-5,8-9H2,1-2H3,(H,19,26)(H,21,27)/t11-,14-/m0/s1. The molecule has 2 atom stereocenters. The molecule has 2 N–H and O–H groups in total. The van der Waals surface area contributed by atoms with Crippen molar-refractivity contribution in [1.29, 1.82) is 0 Å². The lowest BCUT2D eigenvalue weighted by Gasteiger charge is -2.26. The summed E-state index contributed by atoms with van der Waals surface area (Å²) in [6.07, 6.45) is 5.51. The van der Waals surface area contributed by atoms with Gasteiger partial charge in [-0.05, 0) is 19.8 Å². The summed E-state index contributed by atoms with van der Waals surface area (Å²) in [5, 5.41) is 9.32. The maximum Gasteiger partial charge on any atom is 0.343 e. The molecule has 10 nitrogen and oxygen atoms in total. The van der Waals surface area contributed by atoms with E-state index in [1.165, 1.54) is 0 Å². The van der Waals surface area contributed by atoms with Crippen molar-refractivity contribution in [2.24, 2.45) is 13.0 Å². The maximum absolute atomic E-state index is 12.9. The number of rotatable bonds is 6. The van der Waals surface area contributed by atoms with Gasteiger partial charge in [0, 0.05) is 38.4 Å². The van der Waals surface area contributed by atoms with Crippen molar-refractivity contribution < 1.29 is 9.59 Å². The van der Waals surface area contributed by atoms with Crippen molar-refractivity contribution in [2.75, 3.05) is 6.54 Å². The molecule has 2 aromatic rings. The number of aromatic nitrogens is 5. The Bertz CT molecular complexity index is 923. The number of carbonyl (C=O) groups is 2. The van der Waals surface area contributed by atoms with Gasteiger partial charge in [0.15, 0.2) is 5.82 Å². The summed E-state index contributed by atoms with van der Waals surface area (Å²) in [5.41, 5.74) is -0.249. The highest BCUT2D eigenvalue weighted by atomic mass is 16.2. The summed E-state index contributed by atoms with van der Waals surface area (Å²) in [6.45, 7) is 2.56. The lowest BCUT2D eigenvalue weighted by Crippen LogP contribution is -2.37. The molecular formula is C17H23N7O3. The molecule has 0 unspecified atom stereocenters. The van der Waals surface area contributed by atoms with Crippen LogP contribution in [0.3, 0.4) is 0 Å². The average molecular weight is 373 g/mol. The molecule has 2 fully saturated rings. The van der Waals surface area contributed by atoms with Gasteiger partial charge in [-0.2, -0.15) is 5.10 Å².